The summed E-state index contributed by atoms with van der Waals surface area (Å²) in [5.74, 6) is 0. The Hall–Kier alpha value is -6.97. The maximum absolute atomic E-state index is 13.4. The van der Waals surface area contributed by atoms with Crippen LogP contribution in [0.1, 0.15) is 88.6 Å². The van der Waals surface area contributed by atoms with Gasteiger partial charge in [0.15, 0.2) is 9.84 Å². The molecule has 0 atom stereocenters. The van der Waals surface area contributed by atoms with Crippen molar-refractivity contribution in [1.82, 2.24) is 0 Å². The molecule has 0 aromatic heterocycles. The van der Waals surface area contributed by atoms with E-state index < -0.39 is 19.7 Å². The van der Waals surface area contributed by atoms with E-state index in [2.05, 4.69) is 82.7 Å². The standard InChI is InChI=1S/C38H40N6O2S.C20H23N3O2S/c45-47(46,35-13-9-33(10-14-35)41-39-25-27-21-29-5-1-17-43-18-2-6-30(22-27)37(29)43)36-15-11-34(12-16-36)42-40-26-28-23-31-7-3-19-44-20-4-8-32(24-28)38(31)44;1-26(24,25)19-8-6-18(7-9-19)22-21-14-15-12-16-4-2-10-23-11-3-5-17(13-15)20(16)23/h9-16,21-26,41-42H,1-8,17-20H2;6-9,12-14,22H,2-5,10-11H2,1H3/b39-25+,40-26+;21-14+. The van der Waals surface area contributed by atoms with Gasteiger partial charge in [-0.15, -0.1) is 0 Å². The number of sulfone groups is 2. The van der Waals surface area contributed by atoms with Crippen molar-refractivity contribution in [2.75, 3.05) is 76.5 Å². The summed E-state index contributed by atoms with van der Waals surface area (Å²) in [6, 6.07) is 33.6. The van der Waals surface area contributed by atoms with Gasteiger partial charge >= 0.3 is 0 Å². The van der Waals surface area contributed by atoms with E-state index in [1.165, 1.54) is 108 Å². The Kier molecular flexibility index (Phi) is 13.8. The first kappa shape index (κ1) is 48.3. The molecule has 73 heavy (non-hydrogen) atoms. The van der Waals surface area contributed by atoms with Crippen molar-refractivity contribution in [2.24, 2.45) is 15.3 Å². The van der Waals surface area contributed by atoms with Gasteiger partial charge in [0.05, 0.1) is 50.4 Å². The number of aryl methyl sites for hydroxylation is 6. The van der Waals surface area contributed by atoms with Crippen molar-refractivity contribution in [3.63, 3.8) is 0 Å². The molecule has 15 heteroatoms. The summed E-state index contributed by atoms with van der Waals surface area (Å²) >= 11 is 0. The van der Waals surface area contributed by atoms with E-state index in [1.807, 2.05) is 18.6 Å². The summed E-state index contributed by atoms with van der Waals surface area (Å²) in [5, 5.41) is 13.2. The molecule has 0 radical (unpaired) electrons. The summed E-state index contributed by atoms with van der Waals surface area (Å²) in [6.45, 7) is 7.00. The van der Waals surface area contributed by atoms with Gasteiger partial charge in [-0.3, -0.25) is 16.3 Å². The quantitative estimate of drug-likeness (QED) is 0.0799. The van der Waals surface area contributed by atoms with Crippen LogP contribution in [0.4, 0.5) is 34.1 Å². The smallest absolute Gasteiger partial charge is 0.206 e. The summed E-state index contributed by atoms with van der Waals surface area (Å²) in [7, 11) is -6.84. The zero-order chi connectivity index (χ0) is 49.9. The van der Waals surface area contributed by atoms with Crippen LogP contribution in [0.15, 0.2) is 139 Å². The SMILES string of the molecule is CS(=O)(=O)c1ccc(N/N=C/c2cc3c4c(c2)CCCN4CCC3)cc1.O=S(=O)(c1ccc(N/N=C/c2cc3c4c(c2)CCCN4CCC3)cc1)c1ccc(N/N=C/c2cc3c4c(c2)CCCN4CCC3)cc1. The third-order valence-electron chi connectivity index (χ3n) is 14.9. The molecule has 3 N–H and O–H groups in total. The molecule has 0 saturated carbocycles. The Morgan fingerprint density at radius 1 is 0.384 bits per heavy atom. The second kappa shape index (κ2) is 20.9. The largest absolute Gasteiger partial charge is 0.371 e. The fraction of sp³-hybridized carbons (Fsp3) is 0.328. The summed E-state index contributed by atoms with van der Waals surface area (Å²) in [5.41, 5.74) is 27.5. The maximum atomic E-state index is 13.4. The molecule has 6 heterocycles. The van der Waals surface area contributed by atoms with Crippen molar-refractivity contribution < 1.29 is 16.8 Å². The molecule has 13 nitrogen and oxygen atoms in total. The molecule has 0 amide bonds. The molecule has 6 aliphatic heterocycles. The van der Waals surface area contributed by atoms with Gasteiger partial charge < -0.3 is 14.7 Å². The molecule has 0 aliphatic carbocycles. The van der Waals surface area contributed by atoms with Gasteiger partial charge in [-0.25, -0.2) is 16.8 Å². The number of benzene rings is 6. The Balaban J connectivity index is 0.000000186. The Bertz CT molecular complexity index is 3110. The molecule has 0 spiro atoms. The van der Waals surface area contributed by atoms with Crippen LogP contribution in [0.25, 0.3) is 0 Å². The summed E-state index contributed by atoms with van der Waals surface area (Å²) in [6.07, 6.45) is 20.7. The zero-order valence-electron chi connectivity index (χ0n) is 41.5. The fourth-order valence-corrected chi connectivity index (χ4v) is 13.5. The lowest BCUT2D eigenvalue weighted by atomic mass is 9.90. The van der Waals surface area contributed by atoms with E-state index in [9.17, 15) is 16.8 Å². The predicted octanol–water partition coefficient (Wildman–Crippen LogP) is 10.0. The Morgan fingerprint density at radius 2 is 0.630 bits per heavy atom. The minimum Gasteiger partial charge on any atom is -0.371 e. The van der Waals surface area contributed by atoms with E-state index >= 15 is 0 Å². The first-order valence-electron chi connectivity index (χ1n) is 25.9. The molecule has 0 saturated heterocycles. The third kappa shape index (κ3) is 10.7. The summed E-state index contributed by atoms with van der Waals surface area (Å²) < 4.78 is 49.7. The lowest BCUT2D eigenvalue weighted by Gasteiger charge is -2.37. The molecular formula is C58H63N9O4S2. The van der Waals surface area contributed by atoms with Crippen molar-refractivity contribution in [3.05, 3.63) is 159 Å². The van der Waals surface area contributed by atoms with Crippen LogP contribution >= 0.6 is 0 Å². The van der Waals surface area contributed by atoms with Gasteiger partial charge in [-0.2, -0.15) is 15.3 Å². The minimum atomic E-state index is -3.67. The zero-order valence-corrected chi connectivity index (χ0v) is 43.1. The highest BCUT2D eigenvalue weighted by atomic mass is 32.2. The van der Waals surface area contributed by atoms with Crippen LogP contribution in [0, 0.1) is 0 Å². The molecule has 6 aromatic rings. The maximum Gasteiger partial charge on any atom is 0.206 e. The highest BCUT2D eigenvalue weighted by Crippen LogP contribution is 2.38. The van der Waals surface area contributed by atoms with Gasteiger partial charge in [-0.1, -0.05) is 0 Å². The molecule has 0 unspecified atom stereocenters. The van der Waals surface area contributed by atoms with Crippen LogP contribution < -0.4 is 31.0 Å². The van der Waals surface area contributed by atoms with Crippen LogP contribution in [0.5, 0.6) is 0 Å². The van der Waals surface area contributed by atoms with Gasteiger partial charge in [0, 0.05) is 62.6 Å². The number of rotatable bonds is 12. The van der Waals surface area contributed by atoms with E-state index in [4.69, 9.17) is 0 Å². The fourth-order valence-electron chi connectivity index (χ4n) is 11.6. The Morgan fingerprint density at radius 3 is 0.877 bits per heavy atom. The third-order valence-corrected chi connectivity index (χ3v) is 17.8. The van der Waals surface area contributed by atoms with Crippen LogP contribution in [-0.2, 0) is 58.2 Å². The number of hydrogen-bond acceptors (Lipinski definition) is 13. The summed E-state index contributed by atoms with van der Waals surface area (Å²) in [4.78, 5) is 8.38. The van der Waals surface area contributed by atoms with Crippen LogP contribution in [0.2, 0.25) is 0 Å². The van der Waals surface area contributed by atoms with E-state index in [0.29, 0.717) is 4.90 Å². The first-order chi connectivity index (χ1) is 35.5. The molecule has 0 bridgehead atoms. The molecular weight excluding hydrogens is 951 g/mol. The number of nitrogens with zero attached hydrogens (tertiary/aromatic N) is 6. The molecule has 12 rings (SSSR count). The van der Waals surface area contributed by atoms with Crippen molar-refractivity contribution in [3.8, 4) is 0 Å². The van der Waals surface area contributed by atoms with E-state index in [0.717, 1.165) is 98.5 Å². The highest BCUT2D eigenvalue weighted by molar-refractivity contribution is 7.91. The number of hydrogen-bond donors (Lipinski definition) is 3. The topological polar surface area (TPSA) is 151 Å². The number of nitrogens with one attached hydrogen (secondary N) is 3. The first-order valence-corrected chi connectivity index (χ1v) is 29.2. The monoisotopic (exact) mass is 1010 g/mol. The minimum absolute atomic E-state index is 0.235. The molecule has 0 fully saturated rings. The van der Waals surface area contributed by atoms with Gasteiger partial charge in [-0.05, 0) is 236 Å². The van der Waals surface area contributed by atoms with Crippen LogP contribution in [0.3, 0.4) is 0 Å². The predicted molar refractivity (Wildman–Crippen MR) is 297 cm³/mol. The van der Waals surface area contributed by atoms with Gasteiger partial charge in [0.2, 0.25) is 9.84 Å². The number of hydrazone groups is 3. The number of anilines is 6. The second-order valence-corrected chi connectivity index (χ2v) is 24.1. The van der Waals surface area contributed by atoms with E-state index in [-0.39, 0.29) is 9.79 Å². The lowest BCUT2D eigenvalue weighted by Crippen LogP contribution is -2.34. The molecule has 376 valence electrons. The average molecular weight is 1010 g/mol. The molecule has 6 aliphatic rings. The Labute approximate surface area is 429 Å². The second-order valence-electron chi connectivity index (χ2n) is 20.1. The van der Waals surface area contributed by atoms with Crippen molar-refractivity contribution in [2.45, 2.75) is 91.7 Å². The lowest BCUT2D eigenvalue weighted by molar-refractivity contribution is 0.595. The molecule has 6 aromatic carbocycles. The van der Waals surface area contributed by atoms with Crippen LogP contribution in [-0.4, -0.2) is 81.0 Å². The van der Waals surface area contributed by atoms with Crippen molar-refractivity contribution >= 4 is 72.4 Å². The normalized spacial score (nSPS) is 16.9. The van der Waals surface area contributed by atoms with E-state index in [1.54, 1.807) is 72.8 Å². The van der Waals surface area contributed by atoms with Gasteiger partial charge in [0.25, 0.3) is 0 Å². The van der Waals surface area contributed by atoms with Crippen molar-refractivity contribution in [1.29, 1.82) is 0 Å². The highest BCUT2D eigenvalue weighted by Gasteiger charge is 2.27. The van der Waals surface area contributed by atoms with Gasteiger partial charge in [0.1, 0.15) is 0 Å². The average Bonchev–Trinajstić information content (AvgIpc) is 3.40.